The zero-order valence-corrected chi connectivity index (χ0v) is 21.0. The molecule has 0 bridgehead atoms. The fourth-order valence-electron chi connectivity index (χ4n) is 3.78. The van der Waals surface area contributed by atoms with Gasteiger partial charge in [0.25, 0.3) is 0 Å². The quantitative estimate of drug-likeness (QED) is 0.319. The molecule has 0 saturated carbocycles. The van der Waals surface area contributed by atoms with E-state index >= 15 is 0 Å². The van der Waals surface area contributed by atoms with Crippen molar-refractivity contribution in [3.8, 4) is 5.75 Å². The molecular weight excluding hydrogens is 519 g/mol. The molecule has 30 heavy (non-hydrogen) atoms. The van der Waals surface area contributed by atoms with Gasteiger partial charge < -0.3 is 24.4 Å². The number of benzene rings is 1. The molecule has 7 nitrogen and oxygen atoms in total. The first-order valence-electron chi connectivity index (χ1n) is 10.3. The number of methoxy groups -OCH3 is 1. The van der Waals surface area contributed by atoms with E-state index in [9.17, 15) is 0 Å². The molecule has 9 heteroatoms. The maximum atomic E-state index is 5.91. The second-order valence-electron chi connectivity index (χ2n) is 7.53. The Balaban J connectivity index is 0.00000320. The number of halogens is 2. The lowest BCUT2D eigenvalue weighted by atomic mass is 9.94. The first-order valence-corrected chi connectivity index (χ1v) is 10.7. The summed E-state index contributed by atoms with van der Waals surface area (Å²) < 4.78 is 17.1. The van der Waals surface area contributed by atoms with Crippen LogP contribution in [0.1, 0.15) is 12.8 Å². The SMILES string of the molecule is CN=C(NCC1(OC)CCOCC1)N1CCN(CCOc2ccc(Cl)cc2)CC1.I. The van der Waals surface area contributed by atoms with Gasteiger partial charge in [0.15, 0.2) is 5.96 Å². The molecule has 1 aromatic rings. The minimum Gasteiger partial charge on any atom is -0.492 e. The van der Waals surface area contributed by atoms with E-state index in [0.29, 0.717) is 6.61 Å². The van der Waals surface area contributed by atoms with E-state index in [4.69, 9.17) is 25.8 Å². The van der Waals surface area contributed by atoms with E-state index in [2.05, 4.69) is 20.1 Å². The standard InChI is InChI=1S/C21H33ClN4O3.HI/c1-23-20(24-17-21(27-2)7-14-28-15-8-21)26-11-9-25(10-12-26)13-16-29-19-5-3-18(22)4-6-19;/h3-6H,7-17H2,1-2H3,(H,23,24);1H. The predicted octanol–water partition coefficient (Wildman–Crippen LogP) is 2.73. The first kappa shape index (κ1) is 25.5. The van der Waals surface area contributed by atoms with Gasteiger partial charge in [-0.15, -0.1) is 24.0 Å². The third-order valence-corrected chi connectivity index (χ3v) is 6.03. The van der Waals surface area contributed by atoms with Crippen molar-refractivity contribution >= 4 is 41.5 Å². The van der Waals surface area contributed by atoms with Crippen LogP contribution in [0.2, 0.25) is 5.02 Å². The number of hydrogen-bond donors (Lipinski definition) is 1. The van der Waals surface area contributed by atoms with Gasteiger partial charge in [-0.3, -0.25) is 9.89 Å². The fraction of sp³-hybridized carbons (Fsp3) is 0.667. The van der Waals surface area contributed by atoms with Crippen LogP contribution in [-0.4, -0.2) is 94.6 Å². The van der Waals surface area contributed by atoms with Gasteiger partial charge in [-0.1, -0.05) is 11.6 Å². The fourth-order valence-corrected chi connectivity index (χ4v) is 3.90. The van der Waals surface area contributed by atoms with Crippen LogP contribution in [0.5, 0.6) is 5.75 Å². The van der Waals surface area contributed by atoms with Gasteiger partial charge >= 0.3 is 0 Å². The molecule has 0 amide bonds. The average Bonchev–Trinajstić information content (AvgIpc) is 2.77. The summed E-state index contributed by atoms with van der Waals surface area (Å²) >= 11 is 5.91. The second kappa shape index (κ2) is 12.9. The number of hydrogen-bond acceptors (Lipinski definition) is 5. The average molecular weight is 553 g/mol. The van der Waals surface area contributed by atoms with Crippen LogP contribution in [0, 0.1) is 0 Å². The van der Waals surface area contributed by atoms with Gasteiger partial charge in [0.05, 0.1) is 5.60 Å². The second-order valence-corrected chi connectivity index (χ2v) is 7.97. The molecule has 0 unspecified atom stereocenters. The molecule has 1 N–H and O–H groups in total. The van der Waals surface area contributed by atoms with Gasteiger partial charge in [0.1, 0.15) is 12.4 Å². The summed E-state index contributed by atoms with van der Waals surface area (Å²) in [5.74, 6) is 1.81. The summed E-state index contributed by atoms with van der Waals surface area (Å²) in [6.07, 6.45) is 1.82. The van der Waals surface area contributed by atoms with Gasteiger partial charge in [0.2, 0.25) is 0 Å². The highest BCUT2D eigenvalue weighted by atomic mass is 127. The maximum Gasteiger partial charge on any atom is 0.193 e. The summed E-state index contributed by atoms with van der Waals surface area (Å²) in [6, 6.07) is 7.51. The van der Waals surface area contributed by atoms with Gasteiger partial charge in [-0.05, 0) is 24.3 Å². The molecule has 0 atom stereocenters. The molecule has 2 saturated heterocycles. The highest BCUT2D eigenvalue weighted by Gasteiger charge is 2.33. The van der Waals surface area contributed by atoms with Crippen LogP contribution < -0.4 is 10.1 Å². The third-order valence-electron chi connectivity index (χ3n) is 5.78. The molecule has 1 aromatic carbocycles. The molecule has 0 spiro atoms. The molecule has 0 aliphatic carbocycles. The molecule has 2 aliphatic rings. The number of rotatable bonds is 7. The number of nitrogens with one attached hydrogen (secondary N) is 1. The van der Waals surface area contributed by atoms with E-state index in [1.165, 1.54) is 0 Å². The van der Waals surface area contributed by atoms with Crippen molar-refractivity contribution in [2.24, 2.45) is 4.99 Å². The number of piperazine rings is 1. The summed E-state index contributed by atoms with van der Waals surface area (Å²) in [7, 11) is 3.64. The van der Waals surface area contributed by atoms with Gasteiger partial charge in [-0.25, -0.2) is 0 Å². The van der Waals surface area contributed by atoms with Crippen molar-refractivity contribution in [2.75, 3.05) is 73.2 Å². The maximum absolute atomic E-state index is 5.91. The molecule has 2 fully saturated rings. The highest BCUT2D eigenvalue weighted by Crippen LogP contribution is 2.23. The van der Waals surface area contributed by atoms with E-state index in [-0.39, 0.29) is 29.6 Å². The van der Waals surface area contributed by atoms with Crippen molar-refractivity contribution in [1.29, 1.82) is 0 Å². The monoisotopic (exact) mass is 552 g/mol. The number of aliphatic imine (C=N–C) groups is 1. The minimum absolute atomic E-state index is 0. The Labute approximate surface area is 202 Å². The number of ether oxygens (including phenoxy) is 3. The zero-order valence-electron chi connectivity index (χ0n) is 17.9. The minimum atomic E-state index is -0.158. The van der Waals surface area contributed by atoms with Crippen molar-refractivity contribution in [1.82, 2.24) is 15.1 Å². The lowest BCUT2D eigenvalue weighted by Crippen LogP contribution is -2.56. The van der Waals surface area contributed by atoms with Crippen LogP contribution in [-0.2, 0) is 9.47 Å². The van der Waals surface area contributed by atoms with Crippen LogP contribution >= 0.6 is 35.6 Å². The van der Waals surface area contributed by atoms with Crippen molar-refractivity contribution < 1.29 is 14.2 Å². The zero-order chi connectivity index (χ0) is 20.5. The first-order chi connectivity index (χ1) is 14.1. The summed E-state index contributed by atoms with van der Waals surface area (Å²) in [4.78, 5) is 9.23. The Bertz CT molecular complexity index is 648. The molecule has 3 rings (SSSR count). The van der Waals surface area contributed by atoms with Crippen LogP contribution in [0.3, 0.4) is 0 Å². The van der Waals surface area contributed by atoms with Crippen molar-refractivity contribution in [3.05, 3.63) is 29.3 Å². The topological polar surface area (TPSA) is 58.6 Å². The summed E-state index contributed by atoms with van der Waals surface area (Å²) in [6.45, 7) is 7.74. The lowest BCUT2D eigenvalue weighted by Gasteiger charge is -2.39. The van der Waals surface area contributed by atoms with E-state index in [1.807, 2.05) is 31.3 Å². The molecule has 0 aromatic heterocycles. The van der Waals surface area contributed by atoms with E-state index < -0.39 is 0 Å². The summed E-state index contributed by atoms with van der Waals surface area (Å²) in [5, 5.41) is 4.25. The van der Waals surface area contributed by atoms with Crippen molar-refractivity contribution in [3.63, 3.8) is 0 Å². The van der Waals surface area contributed by atoms with E-state index in [0.717, 1.165) is 82.1 Å². The lowest BCUT2D eigenvalue weighted by molar-refractivity contribution is -0.0858. The Morgan fingerprint density at radius 1 is 1.17 bits per heavy atom. The molecule has 170 valence electrons. The number of guanidine groups is 1. The molecule has 0 radical (unpaired) electrons. The Morgan fingerprint density at radius 2 is 1.83 bits per heavy atom. The molecular formula is C21H34ClIN4O3. The van der Waals surface area contributed by atoms with Gasteiger partial charge in [-0.2, -0.15) is 0 Å². The van der Waals surface area contributed by atoms with Gasteiger partial charge in [0, 0.05) is 84.5 Å². The van der Waals surface area contributed by atoms with Crippen LogP contribution in [0.4, 0.5) is 0 Å². The Morgan fingerprint density at radius 3 is 2.43 bits per heavy atom. The third kappa shape index (κ3) is 7.40. The Hall–Kier alpha value is -0.810. The Kier molecular flexibility index (Phi) is 10.9. The van der Waals surface area contributed by atoms with Crippen LogP contribution in [0.15, 0.2) is 29.3 Å². The largest absolute Gasteiger partial charge is 0.492 e. The predicted molar refractivity (Wildman–Crippen MR) is 132 cm³/mol. The summed E-state index contributed by atoms with van der Waals surface area (Å²) in [5.41, 5.74) is -0.158. The molecule has 2 aliphatic heterocycles. The normalized spacial score (nSPS) is 19.8. The van der Waals surface area contributed by atoms with E-state index in [1.54, 1.807) is 7.11 Å². The molecule has 2 heterocycles. The van der Waals surface area contributed by atoms with Crippen molar-refractivity contribution in [2.45, 2.75) is 18.4 Å². The van der Waals surface area contributed by atoms with Crippen LogP contribution in [0.25, 0.3) is 0 Å². The number of nitrogens with zero attached hydrogens (tertiary/aromatic N) is 3. The smallest absolute Gasteiger partial charge is 0.193 e. The highest BCUT2D eigenvalue weighted by molar-refractivity contribution is 14.0.